The fourth-order valence-electron chi connectivity index (χ4n) is 2.62. The van der Waals surface area contributed by atoms with Crippen molar-refractivity contribution in [2.75, 3.05) is 0 Å². The van der Waals surface area contributed by atoms with Crippen LogP contribution in [-0.2, 0) is 10.0 Å². The van der Waals surface area contributed by atoms with Gasteiger partial charge in [-0.25, -0.2) is 23.1 Å². The molecule has 2 aromatic carbocycles. The normalized spacial score (nSPS) is 12.6. The van der Waals surface area contributed by atoms with Crippen LogP contribution in [0.3, 0.4) is 0 Å². The number of H-pyrrole nitrogens is 1. The van der Waals surface area contributed by atoms with Crippen LogP contribution in [0.2, 0.25) is 0 Å². The molecular formula is C16H14N6O2S. The Morgan fingerprint density at radius 1 is 1.08 bits per heavy atom. The van der Waals surface area contributed by atoms with Crippen molar-refractivity contribution in [1.82, 2.24) is 14.6 Å². The molecule has 0 spiro atoms. The number of nitrogens with zero attached hydrogens (tertiary/aromatic N) is 4. The number of hydrogen-bond acceptors (Lipinski definition) is 5. The van der Waals surface area contributed by atoms with E-state index in [-0.39, 0.29) is 4.90 Å². The number of nitrogens with one attached hydrogen (secondary N) is 1. The number of aromatic amines is 1. The molecule has 0 unspecified atom stereocenters. The number of hydrogen-bond donors (Lipinski definition) is 2. The zero-order valence-electron chi connectivity index (χ0n) is 13.2. The first kappa shape index (κ1) is 15.5. The lowest BCUT2D eigenvalue weighted by Gasteiger charge is -1.97. The molecule has 0 aliphatic rings. The smallest absolute Gasteiger partial charge is 0.238 e. The molecule has 9 heteroatoms. The van der Waals surface area contributed by atoms with Gasteiger partial charge in [-0.15, -0.1) is 5.11 Å². The number of imidazole rings is 1. The fourth-order valence-corrected chi connectivity index (χ4v) is 3.13. The predicted octanol–water partition coefficient (Wildman–Crippen LogP) is 3.19. The predicted molar refractivity (Wildman–Crippen MR) is 93.8 cm³/mol. The maximum atomic E-state index is 11.3. The van der Waals surface area contributed by atoms with Crippen molar-refractivity contribution in [3.63, 3.8) is 0 Å². The molecule has 0 amide bonds. The number of para-hydroxylation sites is 2. The van der Waals surface area contributed by atoms with Gasteiger partial charge in [0.2, 0.25) is 10.0 Å². The van der Waals surface area contributed by atoms with Gasteiger partial charge >= 0.3 is 0 Å². The van der Waals surface area contributed by atoms with E-state index < -0.39 is 10.0 Å². The lowest BCUT2D eigenvalue weighted by atomic mass is 10.3. The van der Waals surface area contributed by atoms with Crippen molar-refractivity contribution in [3.05, 3.63) is 54.2 Å². The largest absolute Gasteiger partial charge is 0.294 e. The Morgan fingerprint density at radius 3 is 2.52 bits per heavy atom. The van der Waals surface area contributed by atoms with Crippen molar-refractivity contribution >= 4 is 38.1 Å². The maximum absolute atomic E-state index is 11.3. The summed E-state index contributed by atoms with van der Waals surface area (Å²) in [6, 6.07) is 13.7. The topological polar surface area (TPSA) is 118 Å². The van der Waals surface area contributed by atoms with Gasteiger partial charge in [0, 0.05) is 0 Å². The van der Waals surface area contributed by atoms with Gasteiger partial charge < -0.3 is 0 Å². The van der Waals surface area contributed by atoms with E-state index >= 15 is 0 Å². The SMILES string of the molecule is Cc1[nH]n2c(nc3ccccc32)c1N=Nc1ccc(S(N)(=O)=O)cc1. The summed E-state index contributed by atoms with van der Waals surface area (Å²) < 4.78 is 24.4. The molecule has 0 aliphatic heterocycles. The third kappa shape index (κ3) is 2.69. The fraction of sp³-hybridized carbons (Fsp3) is 0.0625. The lowest BCUT2D eigenvalue weighted by Crippen LogP contribution is -2.11. The molecule has 4 rings (SSSR count). The van der Waals surface area contributed by atoms with Crippen molar-refractivity contribution in [2.45, 2.75) is 11.8 Å². The first-order valence-electron chi connectivity index (χ1n) is 7.44. The van der Waals surface area contributed by atoms with Gasteiger partial charge in [-0.05, 0) is 43.3 Å². The summed E-state index contributed by atoms with van der Waals surface area (Å²) >= 11 is 0. The zero-order chi connectivity index (χ0) is 17.6. The van der Waals surface area contributed by atoms with Crippen LogP contribution < -0.4 is 5.14 Å². The van der Waals surface area contributed by atoms with Gasteiger partial charge in [-0.2, -0.15) is 5.11 Å². The Hall–Kier alpha value is -3.04. The number of aromatic nitrogens is 3. The first-order chi connectivity index (χ1) is 11.9. The van der Waals surface area contributed by atoms with Crippen LogP contribution in [-0.4, -0.2) is 23.0 Å². The summed E-state index contributed by atoms with van der Waals surface area (Å²) in [4.78, 5) is 4.61. The summed E-state index contributed by atoms with van der Waals surface area (Å²) in [6.07, 6.45) is 0. The van der Waals surface area contributed by atoms with Gasteiger partial charge in [-0.1, -0.05) is 12.1 Å². The number of benzene rings is 2. The molecule has 2 heterocycles. The molecule has 0 saturated heterocycles. The molecule has 126 valence electrons. The van der Waals surface area contributed by atoms with E-state index in [4.69, 9.17) is 5.14 Å². The quantitative estimate of drug-likeness (QED) is 0.550. The molecule has 0 fully saturated rings. The Morgan fingerprint density at radius 2 is 1.80 bits per heavy atom. The third-order valence-corrected chi connectivity index (χ3v) is 4.77. The van der Waals surface area contributed by atoms with E-state index in [0.29, 0.717) is 17.0 Å². The number of fused-ring (bicyclic) bond motifs is 3. The summed E-state index contributed by atoms with van der Waals surface area (Å²) in [5.41, 5.74) is 4.48. The Labute approximate surface area is 143 Å². The van der Waals surface area contributed by atoms with Crippen LogP contribution in [0.1, 0.15) is 5.69 Å². The lowest BCUT2D eigenvalue weighted by molar-refractivity contribution is 0.598. The second kappa shape index (κ2) is 5.50. The molecule has 25 heavy (non-hydrogen) atoms. The van der Waals surface area contributed by atoms with Crippen LogP contribution in [0, 0.1) is 6.92 Å². The van der Waals surface area contributed by atoms with Crippen LogP contribution in [0.5, 0.6) is 0 Å². The first-order valence-corrected chi connectivity index (χ1v) is 8.98. The standard InChI is InChI=1S/C16H14N6O2S/c1-10-15(16-18-13-4-2-3-5-14(13)22(16)21-10)20-19-11-6-8-12(9-7-11)25(17,23)24/h2-9,21H,1H3,(H2,17,23,24). The highest BCUT2D eigenvalue weighted by Crippen LogP contribution is 2.29. The van der Waals surface area contributed by atoms with Gasteiger partial charge in [0.1, 0.15) is 0 Å². The molecule has 4 aromatic rings. The average Bonchev–Trinajstić information content (AvgIpc) is 3.08. The Kier molecular flexibility index (Phi) is 3.41. The molecule has 0 atom stereocenters. The average molecular weight is 354 g/mol. The summed E-state index contributed by atoms with van der Waals surface area (Å²) in [5.74, 6) is 0. The number of primary sulfonamides is 1. The van der Waals surface area contributed by atoms with Gasteiger partial charge in [0.25, 0.3) is 0 Å². The van der Waals surface area contributed by atoms with E-state index in [0.717, 1.165) is 16.7 Å². The number of sulfonamides is 1. The van der Waals surface area contributed by atoms with E-state index in [1.165, 1.54) is 12.1 Å². The number of rotatable bonds is 3. The van der Waals surface area contributed by atoms with Gasteiger partial charge in [-0.3, -0.25) is 5.10 Å². The zero-order valence-corrected chi connectivity index (χ0v) is 14.0. The second-order valence-corrected chi connectivity index (χ2v) is 7.15. The van der Waals surface area contributed by atoms with Gasteiger partial charge in [0.15, 0.2) is 11.3 Å². The van der Waals surface area contributed by atoms with E-state index in [1.54, 1.807) is 12.1 Å². The minimum Gasteiger partial charge on any atom is -0.294 e. The summed E-state index contributed by atoms with van der Waals surface area (Å²) in [6.45, 7) is 1.89. The minimum absolute atomic E-state index is 0.0335. The summed E-state index contributed by atoms with van der Waals surface area (Å²) in [7, 11) is -3.72. The molecule has 0 aliphatic carbocycles. The molecule has 0 saturated carbocycles. The summed E-state index contributed by atoms with van der Waals surface area (Å²) in [5, 5.41) is 16.7. The van der Waals surface area contributed by atoms with Gasteiger partial charge in [0.05, 0.1) is 27.3 Å². The van der Waals surface area contributed by atoms with Crippen LogP contribution in [0.25, 0.3) is 16.7 Å². The number of nitrogens with two attached hydrogens (primary N) is 1. The van der Waals surface area contributed by atoms with Crippen molar-refractivity contribution < 1.29 is 8.42 Å². The van der Waals surface area contributed by atoms with E-state index in [1.807, 2.05) is 35.7 Å². The highest BCUT2D eigenvalue weighted by Gasteiger charge is 2.13. The number of aryl methyl sites for hydroxylation is 1. The Bertz CT molecular complexity index is 1220. The van der Waals surface area contributed by atoms with Crippen LogP contribution in [0.4, 0.5) is 11.4 Å². The van der Waals surface area contributed by atoms with E-state index in [9.17, 15) is 8.42 Å². The van der Waals surface area contributed by atoms with Crippen molar-refractivity contribution in [3.8, 4) is 0 Å². The Balaban J connectivity index is 1.75. The molecule has 8 nitrogen and oxygen atoms in total. The molecule has 2 aromatic heterocycles. The van der Waals surface area contributed by atoms with Crippen molar-refractivity contribution in [2.24, 2.45) is 15.4 Å². The number of azo groups is 1. The van der Waals surface area contributed by atoms with Crippen LogP contribution >= 0.6 is 0 Å². The third-order valence-electron chi connectivity index (χ3n) is 3.84. The monoisotopic (exact) mass is 354 g/mol. The highest BCUT2D eigenvalue weighted by molar-refractivity contribution is 7.89. The maximum Gasteiger partial charge on any atom is 0.238 e. The molecular weight excluding hydrogens is 340 g/mol. The highest BCUT2D eigenvalue weighted by atomic mass is 32.2. The van der Waals surface area contributed by atoms with E-state index in [2.05, 4.69) is 20.3 Å². The molecule has 0 radical (unpaired) electrons. The minimum atomic E-state index is -3.72. The van der Waals surface area contributed by atoms with Crippen LogP contribution in [0.15, 0.2) is 63.7 Å². The molecule has 3 N–H and O–H groups in total. The second-order valence-electron chi connectivity index (χ2n) is 5.58. The van der Waals surface area contributed by atoms with Crippen molar-refractivity contribution in [1.29, 1.82) is 0 Å². The molecule has 0 bridgehead atoms.